The molecule has 1 aliphatic heterocycles. The van der Waals surface area contributed by atoms with Gasteiger partial charge in [-0.2, -0.15) is 0 Å². The predicted molar refractivity (Wildman–Crippen MR) is 79.6 cm³/mol. The van der Waals surface area contributed by atoms with Crippen LogP contribution in [0, 0.1) is 0 Å². The number of fused-ring (bicyclic) bond motifs is 1. The average molecular weight is 277 g/mol. The van der Waals surface area contributed by atoms with Crippen LogP contribution in [0.25, 0.3) is 0 Å². The normalized spacial score (nSPS) is 14.1. The van der Waals surface area contributed by atoms with Crippen LogP contribution in [0.1, 0.15) is 31.9 Å². The van der Waals surface area contributed by atoms with E-state index in [0.29, 0.717) is 6.54 Å². The van der Waals surface area contributed by atoms with Crippen LogP contribution in [0.3, 0.4) is 0 Å². The van der Waals surface area contributed by atoms with Crippen molar-refractivity contribution in [3.05, 3.63) is 29.3 Å². The van der Waals surface area contributed by atoms with E-state index in [-0.39, 0.29) is 0 Å². The molecular weight excluding hydrogens is 254 g/mol. The molecule has 1 heterocycles. The summed E-state index contributed by atoms with van der Waals surface area (Å²) >= 11 is 0. The Morgan fingerprint density at radius 3 is 2.85 bits per heavy atom. The van der Waals surface area contributed by atoms with Crippen molar-refractivity contribution in [3.63, 3.8) is 0 Å². The first-order chi connectivity index (χ1) is 9.35. The lowest BCUT2D eigenvalue weighted by molar-refractivity contribution is 0.0497. The molecule has 0 atom stereocenters. The Bertz CT molecular complexity index is 494. The number of hydrogen-bond donors (Lipinski definition) is 2. The number of carbonyl (C=O) groups excluding carboxylic acids is 1. The molecule has 20 heavy (non-hydrogen) atoms. The van der Waals surface area contributed by atoms with E-state index in [2.05, 4.69) is 41.0 Å². The molecule has 0 aliphatic carbocycles. The van der Waals surface area contributed by atoms with Crippen LogP contribution in [0.5, 0.6) is 0 Å². The minimum Gasteiger partial charge on any atom is -0.443 e. The number of nitrogens with zero attached hydrogens (tertiary/aromatic N) is 1. The fourth-order valence-electron chi connectivity index (χ4n) is 2.25. The zero-order valence-corrected chi connectivity index (χ0v) is 12.6. The summed E-state index contributed by atoms with van der Waals surface area (Å²) in [6.07, 6.45) is 0.623. The standard InChI is InChI=1S/C15H23N3O2/c1-15(2,3)20-14(19)17-16-10-11-5-6-13-12(9-11)7-8-18(13)4/h5-6,9,16H,7-8,10H2,1-4H3,(H,17,19). The second-order valence-corrected chi connectivity index (χ2v) is 6.12. The molecule has 0 radical (unpaired) electrons. The summed E-state index contributed by atoms with van der Waals surface area (Å²) in [7, 11) is 2.10. The van der Waals surface area contributed by atoms with Crippen LogP contribution >= 0.6 is 0 Å². The Hall–Kier alpha value is -1.75. The molecule has 2 N–H and O–H groups in total. The third kappa shape index (κ3) is 3.87. The SMILES string of the molecule is CN1CCc2cc(CNNC(=O)OC(C)(C)C)ccc21. The average Bonchev–Trinajstić information content (AvgIpc) is 2.68. The van der Waals surface area contributed by atoms with Crippen molar-refractivity contribution in [1.82, 2.24) is 10.9 Å². The van der Waals surface area contributed by atoms with Gasteiger partial charge in [-0.1, -0.05) is 12.1 Å². The fourth-order valence-corrected chi connectivity index (χ4v) is 2.25. The Labute approximate surface area is 120 Å². The van der Waals surface area contributed by atoms with Gasteiger partial charge >= 0.3 is 6.09 Å². The second kappa shape index (κ2) is 5.71. The van der Waals surface area contributed by atoms with Gasteiger partial charge in [-0.3, -0.25) is 5.43 Å². The van der Waals surface area contributed by atoms with Crippen molar-refractivity contribution in [2.75, 3.05) is 18.5 Å². The van der Waals surface area contributed by atoms with E-state index < -0.39 is 11.7 Å². The molecule has 0 bridgehead atoms. The van der Waals surface area contributed by atoms with Crippen LogP contribution in [0.15, 0.2) is 18.2 Å². The summed E-state index contributed by atoms with van der Waals surface area (Å²) < 4.78 is 5.14. The van der Waals surface area contributed by atoms with E-state index in [0.717, 1.165) is 18.5 Å². The highest BCUT2D eigenvalue weighted by Crippen LogP contribution is 2.27. The Morgan fingerprint density at radius 2 is 2.15 bits per heavy atom. The number of ether oxygens (including phenoxy) is 1. The monoisotopic (exact) mass is 277 g/mol. The van der Waals surface area contributed by atoms with Gasteiger partial charge in [-0.15, -0.1) is 0 Å². The lowest BCUT2D eigenvalue weighted by Crippen LogP contribution is -2.40. The number of hydrogen-bond acceptors (Lipinski definition) is 4. The van der Waals surface area contributed by atoms with Gasteiger partial charge in [-0.25, -0.2) is 10.2 Å². The quantitative estimate of drug-likeness (QED) is 0.832. The van der Waals surface area contributed by atoms with Crippen LogP contribution in [0.4, 0.5) is 10.5 Å². The first-order valence-corrected chi connectivity index (χ1v) is 6.90. The van der Waals surface area contributed by atoms with E-state index in [1.54, 1.807) is 0 Å². The molecule has 2 rings (SSSR count). The Balaban J connectivity index is 1.82. The van der Waals surface area contributed by atoms with Gasteiger partial charge in [0.25, 0.3) is 0 Å². The van der Waals surface area contributed by atoms with Crippen LogP contribution in [-0.4, -0.2) is 25.3 Å². The molecule has 1 aromatic rings. The van der Waals surface area contributed by atoms with E-state index in [4.69, 9.17) is 4.74 Å². The Morgan fingerprint density at radius 1 is 1.40 bits per heavy atom. The van der Waals surface area contributed by atoms with Gasteiger partial charge in [0.05, 0.1) is 0 Å². The zero-order chi connectivity index (χ0) is 14.8. The largest absolute Gasteiger partial charge is 0.443 e. The Kier molecular flexibility index (Phi) is 4.18. The highest BCUT2D eigenvalue weighted by molar-refractivity contribution is 5.67. The number of rotatable bonds is 3. The molecule has 5 heteroatoms. The smallest absolute Gasteiger partial charge is 0.422 e. The minimum absolute atomic E-state index is 0.460. The van der Waals surface area contributed by atoms with Crippen LogP contribution in [0.2, 0.25) is 0 Å². The second-order valence-electron chi connectivity index (χ2n) is 6.12. The van der Waals surface area contributed by atoms with Crippen molar-refractivity contribution < 1.29 is 9.53 Å². The molecule has 0 saturated heterocycles. The minimum atomic E-state index is -0.482. The third-order valence-electron chi connectivity index (χ3n) is 3.15. The van der Waals surface area contributed by atoms with Gasteiger partial charge in [0.2, 0.25) is 0 Å². The van der Waals surface area contributed by atoms with Gasteiger partial charge < -0.3 is 9.64 Å². The molecule has 0 saturated carbocycles. The van der Waals surface area contributed by atoms with E-state index in [1.807, 2.05) is 20.8 Å². The van der Waals surface area contributed by atoms with Gasteiger partial charge in [0.1, 0.15) is 5.60 Å². The first kappa shape index (κ1) is 14.7. The summed E-state index contributed by atoms with van der Waals surface area (Å²) in [5, 5.41) is 0. The van der Waals surface area contributed by atoms with Crippen molar-refractivity contribution in [2.45, 2.75) is 39.3 Å². The number of anilines is 1. The molecule has 1 aliphatic rings. The number of likely N-dealkylation sites (N-methyl/N-ethyl adjacent to an activating group) is 1. The molecule has 1 amide bonds. The summed E-state index contributed by atoms with van der Waals surface area (Å²) in [6, 6.07) is 6.39. The van der Waals surface area contributed by atoms with Crippen molar-refractivity contribution >= 4 is 11.8 Å². The van der Waals surface area contributed by atoms with E-state index in [9.17, 15) is 4.79 Å². The maximum atomic E-state index is 11.5. The number of amides is 1. The number of hydrazine groups is 1. The lowest BCUT2D eigenvalue weighted by Gasteiger charge is -2.19. The summed E-state index contributed by atoms with van der Waals surface area (Å²) in [6.45, 7) is 7.16. The van der Waals surface area contributed by atoms with Gasteiger partial charge in [0.15, 0.2) is 0 Å². The summed E-state index contributed by atoms with van der Waals surface area (Å²) in [5.74, 6) is 0. The maximum Gasteiger partial charge on any atom is 0.422 e. The molecule has 0 unspecified atom stereocenters. The molecular formula is C15H23N3O2. The molecule has 0 spiro atoms. The fraction of sp³-hybridized carbons (Fsp3) is 0.533. The number of benzene rings is 1. The summed E-state index contributed by atoms with van der Waals surface area (Å²) in [4.78, 5) is 13.7. The lowest BCUT2D eigenvalue weighted by atomic mass is 10.1. The number of nitrogens with one attached hydrogen (secondary N) is 2. The molecule has 110 valence electrons. The molecule has 0 aromatic heterocycles. The van der Waals surface area contributed by atoms with Gasteiger partial charge in [-0.05, 0) is 44.4 Å². The van der Waals surface area contributed by atoms with E-state index >= 15 is 0 Å². The van der Waals surface area contributed by atoms with Gasteiger partial charge in [0, 0.05) is 25.8 Å². The van der Waals surface area contributed by atoms with Crippen LogP contribution in [-0.2, 0) is 17.7 Å². The zero-order valence-electron chi connectivity index (χ0n) is 12.6. The molecule has 1 aromatic carbocycles. The highest BCUT2D eigenvalue weighted by Gasteiger charge is 2.17. The topological polar surface area (TPSA) is 53.6 Å². The predicted octanol–water partition coefficient (Wildman–Crippen LogP) is 2.21. The van der Waals surface area contributed by atoms with Crippen molar-refractivity contribution in [1.29, 1.82) is 0 Å². The number of carbonyl (C=O) groups is 1. The molecule has 5 nitrogen and oxygen atoms in total. The summed E-state index contributed by atoms with van der Waals surface area (Å²) in [5.41, 5.74) is 8.76. The van der Waals surface area contributed by atoms with Crippen molar-refractivity contribution in [3.8, 4) is 0 Å². The third-order valence-corrected chi connectivity index (χ3v) is 3.15. The highest BCUT2D eigenvalue weighted by atomic mass is 16.6. The van der Waals surface area contributed by atoms with Crippen molar-refractivity contribution in [2.24, 2.45) is 0 Å². The van der Waals surface area contributed by atoms with E-state index in [1.165, 1.54) is 11.3 Å². The van der Waals surface area contributed by atoms with Crippen LogP contribution < -0.4 is 15.8 Å². The molecule has 0 fully saturated rings. The first-order valence-electron chi connectivity index (χ1n) is 6.90. The maximum absolute atomic E-state index is 11.5.